The third-order valence-corrected chi connectivity index (χ3v) is 2.75. The molecule has 0 bridgehead atoms. The third kappa shape index (κ3) is 4.13. The van der Waals surface area contributed by atoms with Crippen LogP contribution in [0.4, 0.5) is 9.59 Å². The van der Waals surface area contributed by atoms with E-state index in [-0.39, 0.29) is 18.2 Å². The number of carbonyl (C=O) groups excluding carboxylic acids is 2. The van der Waals surface area contributed by atoms with Crippen LogP contribution in [-0.2, 0) is 4.74 Å². The summed E-state index contributed by atoms with van der Waals surface area (Å²) >= 11 is 0. The zero-order valence-electron chi connectivity index (χ0n) is 10.7. The van der Waals surface area contributed by atoms with Crippen molar-refractivity contribution in [1.29, 1.82) is 0 Å². The Bertz CT molecular complexity index is 273. The molecule has 1 rings (SSSR count). The summed E-state index contributed by atoms with van der Waals surface area (Å²) in [5, 5.41) is 2.92. The van der Waals surface area contributed by atoms with Crippen LogP contribution in [-0.4, -0.2) is 61.8 Å². The number of rotatable bonds is 2. The van der Waals surface area contributed by atoms with Crippen LogP contribution in [0.15, 0.2) is 0 Å². The van der Waals surface area contributed by atoms with E-state index in [1.165, 1.54) is 4.90 Å². The Morgan fingerprint density at radius 1 is 1.35 bits per heavy atom. The van der Waals surface area contributed by atoms with Gasteiger partial charge >= 0.3 is 12.1 Å². The van der Waals surface area contributed by atoms with Crippen LogP contribution in [0.2, 0.25) is 0 Å². The zero-order chi connectivity index (χ0) is 12.8. The summed E-state index contributed by atoms with van der Waals surface area (Å²) in [4.78, 5) is 26.1. The van der Waals surface area contributed by atoms with E-state index in [2.05, 4.69) is 5.32 Å². The highest BCUT2D eigenvalue weighted by Crippen LogP contribution is 2.11. The van der Waals surface area contributed by atoms with Crippen LogP contribution in [0.1, 0.15) is 19.8 Å². The first-order valence-corrected chi connectivity index (χ1v) is 5.94. The lowest BCUT2D eigenvalue weighted by Crippen LogP contribution is -2.48. The van der Waals surface area contributed by atoms with Gasteiger partial charge in [0.1, 0.15) is 0 Å². The Morgan fingerprint density at radius 2 is 1.94 bits per heavy atom. The standard InChI is InChI=1S/C11H21N3O3/c1-4-17-11(16)14-7-5-9(6-8-14)12-10(15)13(2)3/h9H,4-8H2,1-3H3,(H,12,15). The average Bonchev–Trinajstić information content (AvgIpc) is 2.30. The van der Waals surface area contributed by atoms with Gasteiger partial charge in [-0.1, -0.05) is 0 Å². The van der Waals surface area contributed by atoms with Crippen molar-refractivity contribution in [2.24, 2.45) is 0 Å². The fraction of sp³-hybridized carbons (Fsp3) is 0.818. The molecular formula is C11H21N3O3. The van der Waals surface area contributed by atoms with Gasteiger partial charge in [-0.3, -0.25) is 0 Å². The number of hydrogen-bond donors (Lipinski definition) is 1. The first kappa shape index (κ1) is 13.6. The van der Waals surface area contributed by atoms with Crippen LogP contribution in [0, 0.1) is 0 Å². The van der Waals surface area contributed by atoms with Crippen molar-refractivity contribution in [3.05, 3.63) is 0 Å². The van der Waals surface area contributed by atoms with E-state index in [9.17, 15) is 9.59 Å². The molecule has 0 aromatic carbocycles. The molecule has 6 heteroatoms. The van der Waals surface area contributed by atoms with E-state index in [1.807, 2.05) is 0 Å². The minimum absolute atomic E-state index is 0.0837. The number of ether oxygens (including phenoxy) is 1. The second-order valence-corrected chi connectivity index (χ2v) is 4.30. The van der Waals surface area contributed by atoms with Crippen molar-refractivity contribution in [3.8, 4) is 0 Å². The molecule has 0 spiro atoms. The summed E-state index contributed by atoms with van der Waals surface area (Å²) < 4.78 is 4.93. The molecule has 1 saturated heterocycles. The van der Waals surface area contributed by atoms with E-state index in [0.29, 0.717) is 19.7 Å². The number of amides is 3. The predicted octanol–water partition coefficient (Wildman–Crippen LogP) is 0.878. The Balaban J connectivity index is 2.31. The number of urea groups is 1. The Kier molecular flexibility index (Phi) is 5.06. The van der Waals surface area contributed by atoms with Gasteiger partial charge in [0, 0.05) is 33.2 Å². The van der Waals surface area contributed by atoms with Gasteiger partial charge in [-0.05, 0) is 19.8 Å². The molecule has 0 unspecified atom stereocenters. The first-order valence-electron chi connectivity index (χ1n) is 5.94. The molecule has 0 saturated carbocycles. The minimum atomic E-state index is -0.259. The highest BCUT2D eigenvalue weighted by molar-refractivity contribution is 5.74. The normalized spacial score (nSPS) is 16.5. The summed E-state index contributed by atoms with van der Waals surface area (Å²) in [6.07, 6.45) is 1.29. The molecule has 1 aliphatic rings. The Morgan fingerprint density at radius 3 is 2.41 bits per heavy atom. The van der Waals surface area contributed by atoms with Crippen LogP contribution in [0.25, 0.3) is 0 Å². The molecule has 1 fully saturated rings. The SMILES string of the molecule is CCOC(=O)N1CCC(NC(=O)N(C)C)CC1. The summed E-state index contributed by atoms with van der Waals surface area (Å²) in [5.41, 5.74) is 0. The van der Waals surface area contributed by atoms with Crippen molar-refractivity contribution in [2.45, 2.75) is 25.8 Å². The van der Waals surface area contributed by atoms with Crippen LogP contribution in [0.5, 0.6) is 0 Å². The molecule has 0 atom stereocenters. The zero-order valence-corrected chi connectivity index (χ0v) is 10.7. The summed E-state index contributed by atoms with van der Waals surface area (Å²) in [6.45, 7) is 3.46. The van der Waals surface area contributed by atoms with Gasteiger partial charge in [0.2, 0.25) is 0 Å². The minimum Gasteiger partial charge on any atom is -0.450 e. The van der Waals surface area contributed by atoms with E-state index in [1.54, 1.807) is 25.9 Å². The van der Waals surface area contributed by atoms with Gasteiger partial charge in [-0.2, -0.15) is 0 Å². The average molecular weight is 243 g/mol. The molecule has 17 heavy (non-hydrogen) atoms. The maximum absolute atomic E-state index is 11.4. The van der Waals surface area contributed by atoms with Crippen LogP contribution >= 0.6 is 0 Å². The van der Waals surface area contributed by atoms with Gasteiger partial charge < -0.3 is 19.9 Å². The number of piperidine rings is 1. The van der Waals surface area contributed by atoms with Gasteiger partial charge in [-0.25, -0.2) is 9.59 Å². The molecule has 0 radical (unpaired) electrons. The molecule has 1 N–H and O–H groups in total. The molecular weight excluding hydrogens is 222 g/mol. The second-order valence-electron chi connectivity index (χ2n) is 4.30. The summed E-state index contributed by atoms with van der Waals surface area (Å²) in [5.74, 6) is 0. The number of nitrogens with zero attached hydrogens (tertiary/aromatic N) is 2. The second kappa shape index (κ2) is 6.32. The Hall–Kier alpha value is -1.46. The van der Waals surface area contributed by atoms with Crippen molar-refractivity contribution < 1.29 is 14.3 Å². The van der Waals surface area contributed by atoms with Gasteiger partial charge in [0.25, 0.3) is 0 Å². The lowest BCUT2D eigenvalue weighted by molar-refractivity contribution is 0.0953. The molecule has 1 heterocycles. The smallest absolute Gasteiger partial charge is 0.409 e. The fourth-order valence-corrected chi connectivity index (χ4v) is 1.72. The predicted molar refractivity (Wildman–Crippen MR) is 63.8 cm³/mol. The maximum Gasteiger partial charge on any atom is 0.409 e. The van der Waals surface area contributed by atoms with E-state index in [0.717, 1.165) is 12.8 Å². The number of carbonyl (C=O) groups is 2. The van der Waals surface area contributed by atoms with Crippen LogP contribution < -0.4 is 5.32 Å². The van der Waals surface area contributed by atoms with Gasteiger partial charge in [0.15, 0.2) is 0 Å². The topological polar surface area (TPSA) is 61.9 Å². The quantitative estimate of drug-likeness (QED) is 0.783. The molecule has 0 aromatic rings. The monoisotopic (exact) mass is 243 g/mol. The first-order chi connectivity index (χ1) is 8.04. The molecule has 3 amide bonds. The molecule has 98 valence electrons. The summed E-state index contributed by atoms with van der Waals surface area (Å²) in [6, 6.07) is 0.0650. The van der Waals surface area contributed by atoms with E-state index < -0.39 is 0 Å². The lowest BCUT2D eigenvalue weighted by atomic mass is 10.1. The van der Waals surface area contributed by atoms with Crippen LogP contribution in [0.3, 0.4) is 0 Å². The highest BCUT2D eigenvalue weighted by atomic mass is 16.6. The van der Waals surface area contributed by atoms with Crippen molar-refractivity contribution in [3.63, 3.8) is 0 Å². The molecule has 0 aliphatic carbocycles. The Labute approximate surface area is 102 Å². The fourth-order valence-electron chi connectivity index (χ4n) is 1.72. The van der Waals surface area contributed by atoms with E-state index >= 15 is 0 Å². The van der Waals surface area contributed by atoms with E-state index in [4.69, 9.17) is 4.74 Å². The molecule has 0 aromatic heterocycles. The number of nitrogens with one attached hydrogen (secondary N) is 1. The van der Waals surface area contributed by atoms with Crippen molar-refractivity contribution in [2.75, 3.05) is 33.8 Å². The third-order valence-electron chi connectivity index (χ3n) is 2.75. The van der Waals surface area contributed by atoms with Gasteiger partial charge in [0.05, 0.1) is 6.61 Å². The summed E-state index contributed by atoms with van der Waals surface area (Å²) in [7, 11) is 3.42. The number of hydrogen-bond acceptors (Lipinski definition) is 3. The molecule has 1 aliphatic heterocycles. The largest absolute Gasteiger partial charge is 0.450 e. The van der Waals surface area contributed by atoms with Crippen molar-refractivity contribution in [1.82, 2.24) is 15.1 Å². The highest BCUT2D eigenvalue weighted by Gasteiger charge is 2.24. The lowest BCUT2D eigenvalue weighted by Gasteiger charge is -2.32. The molecule has 6 nitrogen and oxygen atoms in total. The number of likely N-dealkylation sites (tertiary alicyclic amines) is 1. The maximum atomic E-state index is 11.4. The van der Waals surface area contributed by atoms with Gasteiger partial charge in [-0.15, -0.1) is 0 Å². The van der Waals surface area contributed by atoms with Crippen molar-refractivity contribution >= 4 is 12.1 Å².